The van der Waals surface area contributed by atoms with E-state index in [1.54, 1.807) is 33.0 Å². The van der Waals surface area contributed by atoms with Crippen molar-refractivity contribution in [3.8, 4) is 0 Å². The van der Waals surface area contributed by atoms with Crippen LogP contribution in [-0.4, -0.2) is 24.2 Å². The van der Waals surface area contributed by atoms with Crippen LogP contribution in [0, 0.1) is 0 Å². The first-order valence-corrected chi connectivity index (χ1v) is 21.5. The van der Waals surface area contributed by atoms with E-state index in [9.17, 15) is 0 Å². The summed E-state index contributed by atoms with van der Waals surface area (Å²) in [5.41, 5.74) is 0. The number of hydrogen-bond donors (Lipinski definition) is 0. The molecule has 0 nitrogen and oxygen atoms in total. The highest BCUT2D eigenvalue weighted by atomic mass is 32.2. The number of rotatable bonds is 3. The summed E-state index contributed by atoms with van der Waals surface area (Å²) in [7, 11) is -4.52. The van der Waals surface area contributed by atoms with E-state index >= 15 is 0 Å². The number of thiophene rings is 2. The molecule has 0 saturated heterocycles. The average molecular weight is 461 g/mol. The van der Waals surface area contributed by atoms with Crippen LogP contribution in [-0.2, 0) is 0 Å². The largest absolute Gasteiger partial charge is 0.150 e. The predicted molar refractivity (Wildman–Crippen MR) is 136 cm³/mol. The average Bonchev–Trinajstić information content (AvgIpc) is 3.20. The second kappa shape index (κ2) is 6.57. The Balaban J connectivity index is 1.99. The lowest BCUT2D eigenvalue weighted by molar-refractivity contribution is 1.62. The van der Waals surface area contributed by atoms with Gasteiger partial charge >= 0.3 is 0 Å². The lowest BCUT2D eigenvalue weighted by Crippen LogP contribution is -2.66. The molecule has 0 atom stereocenters. The molecule has 1 aromatic carbocycles. The summed E-state index contributed by atoms with van der Waals surface area (Å²) >= 11 is 6.26. The third kappa shape index (κ3) is 3.32. The molecule has 0 bridgehead atoms. The Labute approximate surface area is 179 Å². The van der Waals surface area contributed by atoms with E-state index in [-0.39, 0.29) is 0 Å². The molecule has 0 N–H and O–H groups in total. The Morgan fingerprint density at radius 1 is 0.704 bits per heavy atom. The second-order valence-electron chi connectivity index (χ2n) is 9.72. The maximum atomic E-state index is 2.62. The molecule has 2 aromatic heterocycles. The van der Waals surface area contributed by atoms with E-state index < -0.39 is 24.2 Å². The van der Waals surface area contributed by atoms with Crippen LogP contribution in [0.4, 0.5) is 0 Å². The first-order chi connectivity index (χ1) is 12.5. The monoisotopic (exact) mass is 460 g/mol. The van der Waals surface area contributed by atoms with E-state index in [0.29, 0.717) is 0 Å². The fourth-order valence-electron chi connectivity index (χ4n) is 3.65. The lowest BCUT2D eigenvalue weighted by atomic mass is 10.4. The van der Waals surface area contributed by atoms with Crippen LogP contribution in [0.2, 0.25) is 45.8 Å². The molecule has 0 saturated carbocycles. The minimum absolute atomic E-state index is 1.30. The van der Waals surface area contributed by atoms with Gasteiger partial charge in [0.2, 0.25) is 0 Å². The Morgan fingerprint density at radius 2 is 1.15 bits per heavy atom. The quantitative estimate of drug-likeness (QED) is 0.520. The van der Waals surface area contributed by atoms with Crippen molar-refractivity contribution < 1.29 is 0 Å². The summed E-state index contributed by atoms with van der Waals surface area (Å²) < 4.78 is 6.49. The summed E-state index contributed by atoms with van der Waals surface area (Å²) in [6, 6.07) is 16.6. The Kier molecular flexibility index (Phi) is 4.85. The van der Waals surface area contributed by atoms with Gasteiger partial charge in [0.15, 0.2) is 8.07 Å². The van der Waals surface area contributed by atoms with Gasteiger partial charge in [-0.1, -0.05) is 100 Å². The second-order valence-corrected chi connectivity index (χ2v) is 28.1. The minimum Gasteiger partial charge on any atom is -0.138 e. The summed E-state index contributed by atoms with van der Waals surface area (Å²) in [6.07, 6.45) is 0. The normalized spacial score (nSPS) is 16.1. The molecule has 3 aromatic rings. The molecular weight excluding hydrogens is 433 g/mol. The standard InChI is InChI=1S/C21H28S3Si3/c1-25(2,3)18-13-16-20(22-18)24-21-17(14-19(23-21)26(4,5)6)27(16,7)15-11-9-8-10-12-15/h8-14H,1-7H3. The van der Waals surface area contributed by atoms with Gasteiger partial charge in [-0.05, 0) is 24.6 Å². The Bertz CT molecular complexity index is 930. The van der Waals surface area contributed by atoms with Crippen LogP contribution in [0.5, 0.6) is 0 Å². The topological polar surface area (TPSA) is 0 Å². The fraction of sp³-hybridized carbons (Fsp3) is 0.333. The maximum absolute atomic E-state index is 2.62. The van der Waals surface area contributed by atoms with Gasteiger partial charge in [0.25, 0.3) is 0 Å². The predicted octanol–water partition coefficient (Wildman–Crippen LogP) is 4.46. The van der Waals surface area contributed by atoms with Gasteiger partial charge in [-0.3, -0.25) is 0 Å². The molecule has 1 aliphatic heterocycles. The third-order valence-corrected chi connectivity index (χ3v) is 21.5. The molecule has 0 unspecified atom stereocenters. The van der Waals surface area contributed by atoms with Crippen LogP contribution in [0.25, 0.3) is 0 Å². The highest BCUT2D eigenvalue weighted by Crippen LogP contribution is 2.39. The fourth-order valence-corrected chi connectivity index (χ4v) is 18.4. The summed E-state index contributed by atoms with van der Waals surface area (Å²) in [4.78, 5) is 0. The molecule has 6 heteroatoms. The van der Waals surface area contributed by atoms with Crippen molar-refractivity contribution >= 4 is 83.2 Å². The van der Waals surface area contributed by atoms with E-state index in [1.807, 2.05) is 0 Å². The zero-order valence-corrected chi connectivity index (χ0v) is 22.7. The van der Waals surface area contributed by atoms with E-state index in [0.717, 1.165) is 0 Å². The summed E-state index contributed by atoms with van der Waals surface area (Å²) in [5, 5.41) is 4.91. The Morgan fingerprint density at radius 3 is 1.56 bits per heavy atom. The van der Waals surface area contributed by atoms with E-state index in [1.165, 1.54) is 0 Å². The zero-order valence-electron chi connectivity index (χ0n) is 17.3. The zero-order chi connectivity index (χ0) is 19.6. The van der Waals surface area contributed by atoms with Gasteiger partial charge < -0.3 is 0 Å². The van der Waals surface area contributed by atoms with Crippen molar-refractivity contribution in [3.63, 3.8) is 0 Å². The van der Waals surface area contributed by atoms with Crippen LogP contribution in [0.15, 0.2) is 50.9 Å². The van der Waals surface area contributed by atoms with Crippen LogP contribution in [0.3, 0.4) is 0 Å². The SMILES string of the molecule is C[Si](C)(C)c1cc2c(s1)Sc1sc([Si](C)(C)C)cc1[Si]2(C)c1ccccc1. The summed E-state index contributed by atoms with van der Waals surface area (Å²) in [5.74, 6) is 0. The van der Waals surface area contributed by atoms with Crippen LogP contribution < -0.4 is 24.6 Å². The van der Waals surface area contributed by atoms with Gasteiger partial charge in [0, 0.05) is 0 Å². The van der Waals surface area contributed by atoms with Gasteiger partial charge in [0.05, 0.1) is 24.6 Å². The minimum atomic E-state index is -1.93. The van der Waals surface area contributed by atoms with Crippen LogP contribution in [0.1, 0.15) is 0 Å². The molecule has 4 rings (SSSR count). The van der Waals surface area contributed by atoms with Crippen LogP contribution >= 0.6 is 34.4 Å². The molecule has 0 spiro atoms. The van der Waals surface area contributed by atoms with Crippen molar-refractivity contribution in [2.24, 2.45) is 0 Å². The molecule has 0 fully saturated rings. The molecule has 1 aliphatic rings. The van der Waals surface area contributed by atoms with Crippen molar-refractivity contribution in [2.45, 2.75) is 54.2 Å². The third-order valence-electron chi connectivity index (χ3n) is 5.49. The maximum Gasteiger partial charge on any atom is 0.150 e. The van der Waals surface area contributed by atoms with E-state index in [2.05, 4.69) is 123 Å². The molecule has 0 radical (unpaired) electrons. The van der Waals surface area contributed by atoms with Crippen molar-refractivity contribution in [2.75, 3.05) is 0 Å². The Hall–Kier alpha value is -0.379. The molecule has 0 aliphatic carbocycles. The molecular formula is C21H28S3Si3. The van der Waals surface area contributed by atoms with Crippen molar-refractivity contribution in [3.05, 3.63) is 42.5 Å². The number of hydrogen-bond acceptors (Lipinski definition) is 3. The molecule has 27 heavy (non-hydrogen) atoms. The van der Waals surface area contributed by atoms with Crippen molar-refractivity contribution in [1.82, 2.24) is 0 Å². The number of benzene rings is 1. The number of fused-ring (bicyclic) bond motifs is 2. The highest BCUT2D eigenvalue weighted by molar-refractivity contribution is 8.04. The van der Waals surface area contributed by atoms with Gasteiger partial charge in [0.1, 0.15) is 0 Å². The lowest BCUT2D eigenvalue weighted by Gasteiger charge is -2.32. The van der Waals surface area contributed by atoms with Gasteiger partial charge in [-0.25, -0.2) is 0 Å². The van der Waals surface area contributed by atoms with E-state index in [4.69, 9.17) is 0 Å². The molecule has 142 valence electrons. The van der Waals surface area contributed by atoms with Gasteiger partial charge in [-0.15, -0.1) is 22.7 Å². The first kappa shape index (κ1) is 19.9. The molecule has 3 heterocycles. The summed E-state index contributed by atoms with van der Waals surface area (Å²) in [6.45, 7) is 17.5. The van der Waals surface area contributed by atoms with Gasteiger partial charge in [-0.2, -0.15) is 0 Å². The molecule has 0 amide bonds. The highest BCUT2D eigenvalue weighted by Gasteiger charge is 2.45. The first-order valence-electron chi connectivity index (χ1n) is 9.54. The smallest absolute Gasteiger partial charge is 0.138 e. The van der Waals surface area contributed by atoms with Crippen molar-refractivity contribution in [1.29, 1.82) is 0 Å².